The van der Waals surface area contributed by atoms with Gasteiger partial charge in [-0.15, -0.1) is 0 Å². The molecule has 0 radical (unpaired) electrons. The van der Waals surface area contributed by atoms with Gasteiger partial charge in [-0.1, -0.05) is 95.5 Å². The van der Waals surface area contributed by atoms with E-state index in [1.807, 2.05) is 60.7 Å². The number of esters is 1. The molecule has 2 unspecified atom stereocenters. The minimum Gasteiger partial charge on any atom is -0.457 e. The maximum absolute atomic E-state index is 11.9. The van der Waals surface area contributed by atoms with Crippen molar-refractivity contribution in [2.24, 2.45) is 0 Å². The fourth-order valence-electron chi connectivity index (χ4n) is 3.22. The lowest BCUT2D eigenvalue weighted by atomic mass is 10.0. The van der Waals surface area contributed by atoms with E-state index >= 15 is 0 Å². The van der Waals surface area contributed by atoms with Crippen molar-refractivity contribution < 1.29 is 28.5 Å². The molecule has 0 saturated carbocycles. The van der Waals surface area contributed by atoms with Crippen LogP contribution in [0.1, 0.15) is 18.1 Å². The molecule has 33 heavy (non-hydrogen) atoms. The molecule has 0 aliphatic carbocycles. The van der Waals surface area contributed by atoms with Gasteiger partial charge in [0.25, 0.3) is 3.79 Å². The van der Waals surface area contributed by atoms with Gasteiger partial charge in [0, 0.05) is 6.92 Å². The summed E-state index contributed by atoms with van der Waals surface area (Å²) in [5.74, 6) is -1.17. The highest BCUT2D eigenvalue weighted by Crippen LogP contribution is 2.32. The molecule has 1 saturated heterocycles. The molecule has 1 fully saturated rings. The van der Waals surface area contributed by atoms with Crippen molar-refractivity contribution >= 4 is 46.7 Å². The third-order valence-electron chi connectivity index (χ3n) is 4.77. The largest absolute Gasteiger partial charge is 0.457 e. The molecule has 0 spiro atoms. The van der Waals surface area contributed by atoms with E-state index in [1.165, 1.54) is 6.92 Å². The number of rotatable bonds is 8. The zero-order valence-corrected chi connectivity index (χ0v) is 20.1. The van der Waals surface area contributed by atoms with Crippen LogP contribution in [-0.4, -0.2) is 46.9 Å². The minimum atomic E-state index is -2.09. The third kappa shape index (κ3) is 7.84. The van der Waals surface area contributed by atoms with Crippen molar-refractivity contribution in [3.05, 3.63) is 71.8 Å². The van der Waals surface area contributed by atoms with E-state index in [-0.39, 0.29) is 19.8 Å². The molecular formula is C23H24Cl3NO6. The summed E-state index contributed by atoms with van der Waals surface area (Å²) in [6, 6.07) is 18.9. The molecule has 1 aliphatic heterocycles. The summed E-state index contributed by atoms with van der Waals surface area (Å²) in [5, 5.41) is 7.92. The molecule has 0 aromatic heterocycles. The van der Waals surface area contributed by atoms with Gasteiger partial charge >= 0.3 is 5.97 Å². The van der Waals surface area contributed by atoms with E-state index in [1.54, 1.807) is 0 Å². The number of alkyl halides is 3. The zero-order valence-electron chi connectivity index (χ0n) is 17.8. The summed E-state index contributed by atoms with van der Waals surface area (Å²) in [6.45, 7) is 1.73. The number of halogens is 3. The minimum absolute atomic E-state index is 0.00772. The van der Waals surface area contributed by atoms with Crippen LogP contribution in [0.25, 0.3) is 0 Å². The topological polar surface area (TPSA) is 87.1 Å². The molecule has 4 atom stereocenters. The summed E-state index contributed by atoms with van der Waals surface area (Å²) < 4.78 is 26.8. The van der Waals surface area contributed by atoms with Crippen LogP contribution in [0.3, 0.4) is 0 Å². The lowest BCUT2D eigenvalue weighted by Crippen LogP contribution is -2.58. The molecule has 10 heteroatoms. The van der Waals surface area contributed by atoms with Gasteiger partial charge in [-0.25, -0.2) is 0 Å². The second-order valence-electron chi connectivity index (χ2n) is 7.32. The molecule has 0 amide bonds. The molecule has 2 aromatic rings. The monoisotopic (exact) mass is 515 g/mol. The van der Waals surface area contributed by atoms with E-state index in [0.717, 1.165) is 11.1 Å². The molecular weight excluding hydrogens is 493 g/mol. The summed E-state index contributed by atoms with van der Waals surface area (Å²) >= 11 is 17.3. The van der Waals surface area contributed by atoms with Gasteiger partial charge in [0.1, 0.15) is 6.10 Å². The fourth-order valence-corrected chi connectivity index (χ4v) is 3.36. The van der Waals surface area contributed by atoms with Crippen LogP contribution in [0.5, 0.6) is 0 Å². The van der Waals surface area contributed by atoms with E-state index in [4.69, 9.17) is 63.9 Å². The van der Waals surface area contributed by atoms with E-state index in [2.05, 4.69) is 0 Å². The van der Waals surface area contributed by atoms with Crippen LogP contribution in [0, 0.1) is 5.41 Å². The first kappa shape index (κ1) is 25.7. The quantitative estimate of drug-likeness (QED) is 0.234. The first-order valence-electron chi connectivity index (χ1n) is 10.2. The van der Waals surface area contributed by atoms with Crippen LogP contribution in [0.4, 0.5) is 0 Å². The molecule has 1 heterocycles. The number of carbonyl (C=O) groups is 1. The van der Waals surface area contributed by atoms with Crippen LogP contribution in [0.2, 0.25) is 0 Å². The summed E-state index contributed by atoms with van der Waals surface area (Å²) in [4.78, 5) is 11.9. The van der Waals surface area contributed by atoms with Crippen LogP contribution >= 0.6 is 34.8 Å². The Hall–Kier alpha value is -1.87. The zero-order chi connectivity index (χ0) is 23.8. The van der Waals surface area contributed by atoms with Crippen LogP contribution < -0.4 is 0 Å². The summed E-state index contributed by atoms with van der Waals surface area (Å²) in [6.07, 6.45) is -3.68. The van der Waals surface area contributed by atoms with Crippen molar-refractivity contribution in [1.29, 1.82) is 5.41 Å². The average molecular weight is 517 g/mol. The first-order chi connectivity index (χ1) is 15.7. The lowest BCUT2D eigenvalue weighted by Gasteiger charge is -2.41. The summed E-state index contributed by atoms with van der Waals surface area (Å²) in [7, 11) is 0. The average Bonchev–Trinajstić information content (AvgIpc) is 2.78. The Balaban J connectivity index is 1.80. The fraction of sp³-hybridized carbons (Fsp3) is 0.391. The Kier molecular flexibility index (Phi) is 9.37. The number of ether oxygens (including phenoxy) is 5. The van der Waals surface area contributed by atoms with Crippen molar-refractivity contribution in [3.8, 4) is 0 Å². The number of benzene rings is 2. The molecule has 1 N–H and O–H groups in total. The standard InChI is InChI=1S/C23H24Cl3NO6/c1-15(28)32-19-18(29-12-16-8-4-2-5-9-16)14-31-21(33-22(27)23(24,25)26)20(19)30-13-17-10-6-3-7-11-17/h2-11,18-21,27H,12-14H2,1H3/t18-,19?,20?,21+/m1/s1. The van der Waals surface area contributed by atoms with Crippen LogP contribution in [-0.2, 0) is 41.7 Å². The van der Waals surface area contributed by atoms with Crippen LogP contribution in [0.15, 0.2) is 60.7 Å². The number of nitrogens with one attached hydrogen (secondary N) is 1. The van der Waals surface area contributed by atoms with Gasteiger partial charge in [0.15, 0.2) is 12.2 Å². The second kappa shape index (κ2) is 12.0. The van der Waals surface area contributed by atoms with Gasteiger partial charge in [-0.05, 0) is 11.1 Å². The number of hydrogen-bond donors (Lipinski definition) is 1. The third-order valence-corrected chi connectivity index (χ3v) is 5.28. The molecule has 3 rings (SSSR count). The smallest absolute Gasteiger partial charge is 0.303 e. The van der Waals surface area contributed by atoms with Gasteiger partial charge in [-0.3, -0.25) is 10.2 Å². The van der Waals surface area contributed by atoms with E-state index in [0.29, 0.717) is 0 Å². The van der Waals surface area contributed by atoms with Crippen molar-refractivity contribution in [1.82, 2.24) is 0 Å². The van der Waals surface area contributed by atoms with E-state index < -0.39 is 40.3 Å². The Bertz CT molecular complexity index is 909. The first-order valence-corrected chi connectivity index (χ1v) is 11.3. The van der Waals surface area contributed by atoms with Gasteiger partial charge in [0.2, 0.25) is 12.2 Å². The highest BCUT2D eigenvalue weighted by atomic mass is 35.6. The summed E-state index contributed by atoms with van der Waals surface area (Å²) in [5.41, 5.74) is 1.82. The molecule has 7 nitrogen and oxygen atoms in total. The number of hydrogen-bond acceptors (Lipinski definition) is 7. The maximum atomic E-state index is 11.9. The Morgan fingerprint density at radius 3 is 2.00 bits per heavy atom. The van der Waals surface area contributed by atoms with Crippen molar-refractivity contribution in [3.63, 3.8) is 0 Å². The van der Waals surface area contributed by atoms with Crippen molar-refractivity contribution in [2.75, 3.05) is 6.61 Å². The van der Waals surface area contributed by atoms with Gasteiger partial charge in [0.05, 0.1) is 19.8 Å². The highest BCUT2D eigenvalue weighted by Gasteiger charge is 2.47. The Morgan fingerprint density at radius 1 is 0.939 bits per heavy atom. The predicted molar refractivity (Wildman–Crippen MR) is 124 cm³/mol. The van der Waals surface area contributed by atoms with Crippen molar-refractivity contribution in [2.45, 2.75) is 48.5 Å². The number of carbonyl (C=O) groups excluding carboxylic acids is 1. The molecule has 2 aromatic carbocycles. The molecule has 178 valence electrons. The molecule has 0 bridgehead atoms. The maximum Gasteiger partial charge on any atom is 0.303 e. The lowest BCUT2D eigenvalue weighted by molar-refractivity contribution is -0.275. The Morgan fingerprint density at radius 2 is 1.48 bits per heavy atom. The molecule has 1 aliphatic rings. The predicted octanol–water partition coefficient (Wildman–Crippen LogP) is 4.81. The normalized spacial score (nSPS) is 23.0. The SMILES string of the molecule is CC(=O)OC1C(OCc2ccccc2)[C@H](OC(=N)C(Cl)(Cl)Cl)OC[C@H]1OCc1ccccc1. The second-order valence-corrected chi connectivity index (χ2v) is 9.60. The highest BCUT2D eigenvalue weighted by molar-refractivity contribution is 6.76. The van der Waals surface area contributed by atoms with E-state index in [9.17, 15) is 4.79 Å². The van der Waals surface area contributed by atoms with Gasteiger partial charge < -0.3 is 23.7 Å². The Labute approximate surface area is 207 Å². The van der Waals surface area contributed by atoms with Gasteiger partial charge in [-0.2, -0.15) is 0 Å².